The lowest BCUT2D eigenvalue weighted by Gasteiger charge is -2.22. The molecule has 1 amide bonds. The van der Waals surface area contributed by atoms with Crippen molar-refractivity contribution < 1.29 is 4.79 Å². The van der Waals surface area contributed by atoms with Crippen molar-refractivity contribution in [3.63, 3.8) is 0 Å². The zero-order valence-corrected chi connectivity index (χ0v) is 13.3. The van der Waals surface area contributed by atoms with Crippen LogP contribution in [0.2, 0.25) is 0 Å². The summed E-state index contributed by atoms with van der Waals surface area (Å²) in [7, 11) is 0. The second-order valence-corrected chi connectivity index (χ2v) is 5.93. The fourth-order valence-corrected chi connectivity index (χ4v) is 1.91. The Bertz CT molecular complexity index is 568. The number of nitrogens with zero attached hydrogens (tertiary/aromatic N) is 1. The van der Waals surface area contributed by atoms with Gasteiger partial charge in [0.05, 0.1) is 0 Å². The van der Waals surface area contributed by atoms with Crippen LogP contribution >= 0.6 is 11.6 Å². The molecular weight excluding hydrogens is 286 g/mol. The molecule has 0 atom stereocenters. The standard InChI is InChI=1S/C16H20ClN3O/c1-16(2,3)13-6-4-5-7-14(13)20-11-12(10-18)15(21)19-9-8-17/h4-7,11,20H,8-9H2,1-3H3,(H,19,21)/b12-11-. The van der Waals surface area contributed by atoms with E-state index in [0.717, 1.165) is 11.3 Å². The predicted octanol–water partition coefficient (Wildman–Crippen LogP) is 3.16. The molecule has 0 aliphatic rings. The molecule has 5 heteroatoms. The van der Waals surface area contributed by atoms with Crippen LogP contribution in [0.1, 0.15) is 26.3 Å². The molecule has 2 N–H and O–H groups in total. The monoisotopic (exact) mass is 305 g/mol. The number of carbonyl (C=O) groups is 1. The normalized spacial score (nSPS) is 11.7. The van der Waals surface area contributed by atoms with Crippen LogP contribution in [0.15, 0.2) is 36.0 Å². The van der Waals surface area contributed by atoms with Gasteiger partial charge in [0.1, 0.15) is 11.6 Å². The summed E-state index contributed by atoms with van der Waals surface area (Å²) in [4.78, 5) is 11.7. The lowest BCUT2D eigenvalue weighted by Crippen LogP contribution is -2.26. The minimum atomic E-state index is -0.432. The second-order valence-electron chi connectivity index (χ2n) is 5.55. The van der Waals surface area contributed by atoms with Crippen molar-refractivity contribution in [3.8, 4) is 6.07 Å². The summed E-state index contributed by atoms with van der Waals surface area (Å²) in [5, 5.41) is 14.7. The van der Waals surface area contributed by atoms with Crippen molar-refractivity contribution in [1.29, 1.82) is 5.26 Å². The molecule has 1 aromatic rings. The Morgan fingerprint density at radius 1 is 1.38 bits per heavy atom. The van der Waals surface area contributed by atoms with Gasteiger partial charge >= 0.3 is 0 Å². The first-order chi connectivity index (χ1) is 9.90. The number of nitrogens with one attached hydrogen (secondary N) is 2. The predicted molar refractivity (Wildman–Crippen MR) is 86.2 cm³/mol. The number of para-hydroxylation sites is 1. The van der Waals surface area contributed by atoms with Crippen LogP contribution in [-0.2, 0) is 10.2 Å². The van der Waals surface area contributed by atoms with Crippen LogP contribution in [0, 0.1) is 11.3 Å². The Labute approximate surface area is 130 Å². The summed E-state index contributed by atoms with van der Waals surface area (Å²) in [6.07, 6.45) is 1.42. The van der Waals surface area contributed by atoms with Gasteiger partial charge in [-0.3, -0.25) is 4.79 Å². The molecule has 0 aliphatic carbocycles. The van der Waals surface area contributed by atoms with E-state index >= 15 is 0 Å². The van der Waals surface area contributed by atoms with E-state index in [1.165, 1.54) is 6.20 Å². The molecule has 0 radical (unpaired) electrons. The number of carbonyl (C=O) groups excluding carboxylic acids is 1. The molecule has 1 aromatic carbocycles. The number of amides is 1. The maximum absolute atomic E-state index is 11.7. The average Bonchev–Trinajstić information content (AvgIpc) is 2.45. The van der Waals surface area contributed by atoms with E-state index < -0.39 is 5.91 Å². The van der Waals surface area contributed by atoms with Gasteiger partial charge in [-0.25, -0.2) is 0 Å². The summed E-state index contributed by atoms with van der Waals surface area (Å²) in [6.45, 7) is 6.65. The Hall–Kier alpha value is -1.99. The molecule has 0 aliphatic heterocycles. The fraction of sp³-hybridized carbons (Fsp3) is 0.375. The summed E-state index contributed by atoms with van der Waals surface area (Å²) in [6, 6.07) is 9.70. The van der Waals surface area contributed by atoms with Gasteiger partial charge in [0.2, 0.25) is 0 Å². The molecule has 0 saturated heterocycles. The molecule has 21 heavy (non-hydrogen) atoms. The molecule has 112 valence electrons. The van der Waals surface area contributed by atoms with Crippen LogP contribution in [0.25, 0.3) is 0 Å². The van der Waals surface area contributed by atoms with Crippen molar-refractivity contribution in [2.24, 2.45) is 0 Å². The van der Waals surface area contributed by atoms with Gasteiger partial charge in [-0.1, -0.05) is 39.0 Å². The number of nitriles is 1. The lowest BCUT2D eigenvalue weighted by atomic mass is 9.86. The maximum atomic E-state index is 11.7. The highest BCUT2D eigenvalue weighted by atomic mass is 35.5. The molecule has 0 unspecified atom stereocenters. The van der Waals surface area contributed by atoms with Crippen molar-refractivity contribution in [2.45, 2.75) is 26.2 Å². The highest BCUT2D eigenvalue weighted by Crippen LogP contribution is 2.29. The summed E-state index contributed by atoms with van der Waals surface area (Å²) in [5.41, 5.74) is 1.97. The SMILES string of the molecule is CC(C)(C)c1ccccc1N/C=C(/C#N)C(=O)NCCCl. The third-order valence-corrected chi connectivity index (χ3v) is 3.04. The number of anilines is 1. The Kier molecular flexibility index (Phi) is 6.26. The minimum absolute atomic E-state index is 0.0174. The maximum Gasteiger partial charge on any atom is 0.263 e. The van der Waals surface area contributed by atoms with Crippen LogP contribution in [0.5, 0.6) is 0 Å². The van der Waals surface area contributed by atoms with Gasteiger partial charge in [0.25, 0.3) is 5.91 Å². The van der Waals surface area contributed by atoms with E-state index in [0.29, 0.717) is 12.4 Å². The van der Waals surface area contributed by atoms with E-state index in [-0.39, 0.29) is 11.0 Å². The van der Waals surface area contributed by atoms with E-state index in [9.17, 15) is 4.79 Å². The fourth-order valence-electron chi connectivity index (χ4n) is 1.82. The number of hydrogen-bond donors (Lipinski definition) is 2. The smallest absolute Gasteiger partial charge is 0.263 e. The van der Waals surface area contributed by atoms with Gasteiger partial charge in [-0.05, 0) is 17.0 Å². The number of hydrogen-bond acceptors (Lipinski definition) is 3. The van der Waals surface area contributed by atoms with Gasteiger partial charge in [0, 0.05) is 24.3 Å². The molecule has 0 fully saturated rings. The van der Waals surface area contributed by atoms with Crippen LogP contribution < -0.4 is 10.6 Å². The molecule has 0 saturated carbocycles. The Morgan fingerprint density at radius 2 is 2.05 bits per heavy atom. The van der Waals surface area contributed by atoms with Crippen LogP contribution in [0.4, 0.5) is 5.69 Å². The average molecular weight is 306 g/mol. The number of halogens is 1. The molecule has 0 heterocycles. The van der Waals surface area contributed by atoms with E-state index in [1.807, 2.05) is 30.3 Å². The number of benzene rings is 1. The molecule has 0 spiro atoms. The second kappa shape index (κ2) is 7.70. The summed E-state index contributed by atoms with van der Waals surface area (Å²) in [5.74, 6) is -0.121. The van der Waals surface area contributed by atoms with Crippen molar-refractivity contribution >= 4 is 23.2 Å². The first-order valence-electron chi connectivity index (χ1n) is 6.70. The minimum Gasteiger partial charge on any atom is -0.360 e. The van der Waals surface area contributed by atoms with Gasteiger partial charge < -0.3 is 10.6 Å². The van der Waals surface area contributed by atoms with E-state index in [4.69, 9.17) is 16.9 Å². The Morgan fingerprint density at radius 3 is 2.62 bits per heavy atom. The third-order valence-electron chi connectivity index (χ3n) is 2.85. The van der Waals surface area contributed by atoms with Gasteiger partial charge in [-0.15, -0.1) is 11.6 Å². The molecule has 4 nitrogen and oxygen atoms in total. The number of alkyl halides is 1. The van der Waals surface area contributed by atoms with Gasteiger partial charge in [-0.2, -0.15) is 5.26 Å². The lowest BCUT2D eigenvalue weighted by molar-refractivity contribution is -0.117. The Balaban J connectivity index is 2.93. The molecule has 0 aromatic heterocycles. The van der Waals surface area contributed by atoms with E-state index in [2.05, 4.69) is 31.4 Å². The third kappa shape index (κ3) is 5.13. The summed E-state index contributed by atoms with van der Waals surface area (Å²) < 4.78 is 0. The first kappa shape index (κ1) is 17.1. The number of rotatable bonds is 5. The zero-order valence-electron chi connectivity index (χ0n) is 12.5. The van der Waals surface area contributed by atoms with Crippen molar-refractivity contribution in [3.05, 3.63) is 41.6 Å². The molecular formula is C16H20ClN3O. The first-order valence-corrected chi connectivity index (χ1v) is 7.24. The molecule has 0 bridgehead atoms. The van der Waals surface area contributed by atoms with Crippen LogP contribution in [0.3, 0.4) is 0 Å². The molecule has 1 rings (SSSR count). The highest BCUT2D eigenvalue weighted by molar-refractivity contribution is 6.18. The topological polar surface area (TPSA) is 64.9 Å². The van der Waals surface area contributed by atoms with Crippen LogP contribution in [-0.4, -0.2) is 18.3 Å². The highest BCUT2D eigenvalue weighted by Gasteiger charge is 2.17. The van der Waals surface area contributed by atoms with Gasteiger partial charge in [0.15, 0.2) is 0 Å². The zero-order chi connectivity index (χ0) is 15.9. The van der Waals surface area contributed by atoms with Crippen molar-refractivity contribution in [1.82, 2.24) is 5.32 Å². The summed E-state index contributed by atoms with van der Waals surface area (Å²) >= 11 is 5.50. The van der Waals surface area contributed by atoms with E-state index in [1.54, 1.807) is 0 Å². The van der Waals surface area contributed by atoms with Crippen molar-refractivity contribution in [2.75, 3.05) is 17.7 Å². The quantitative estimate of drug-likeness (QED) is 0.499. The largest absolute Gasteiger partial charge is 0.360 e.